The Hall–Kier alpha value is -1.91. The van der Waals surface area contributed by atoms with Gasteiger partial charge in [-0.3, -0.25) is 14.6 Å². The number of rotatable bonds is 3. The molecule has 1 heterocycles. The molecule has 5 nitrogen and oxygen atoms in total. The lowest BCUT2D eigenvalue weighted by atomic mass is 9.84. The smallest absolute Gasteiger partial charge is 0.311 e. The topological polar surface area (TPSA) is 68.3 Å². The average Bonchev–Trinajstić information content (AvgIpc) is 3.08. The zero-order valence-electron chi connectivity index (χ0n) is 12.3. The van der Waals surface area contributed by atoms with E-state index in [1.165, 1.54) is 7.11 Å². The minimum atomic E-state index is -0.199. The normalized spacial score (nSPS) is 30.2. The summed E-state index contributed by atoms with van der Waals surface area (Å²) in [5, 5.41) is 3.05. The Bertz CT molecular complexity index is 572. The van der Waals surface area contributed by atoms with Crippen molar-refractivity contribution in [3.05, 3.63) is 29.6 Å². The lowest BCUT2D eigenvalue weighted by Gasteiger charge is -2.29. The van der Waals surface area contributed by atoms with E-state index in [2.05, 4.69) is 10.3 Å². The van der Waals surface area contributed by atoms with Crippen LogP contribution >= 0.6 is 0 Å². The van der Waals surface area contributed by atoms with Crippen molar-refractivity contribution in [1.82, 2.24) is 10.3 Å². The van der Waals surface area contributed by atoms with Gasteiger partial charge in [-0.15, -0.1) is 0 Å². The molecule has 1 aromatic heterocycles. The molecular formula is C16H20N2O3. The Kier molecular flexibility index (Phi) is 3.66. The first-order chi connectivity index (χ1) is 10.1. The van der Waals surface area contributed by atoms with Crippen molar-refractivity contribution in [2.24, 2.45) is 17.8 Å². The predicted octanol–water partition coefficient (Wildman–Crippen LogP) is 1.71. The van der Waals surface area contributed by atoms with Crippen LogP contribution in [0, 0.1) is 24.7 Å². The first kappa shape index (κ1) is 14.0. The molecule has 2 bridgehead atoms. The first-order valence-corrected chi connectivity index (χ1v) is 7.42. The Morgan fingerprint density at radius 3 is 2.81 bits per heavy atom. The summed E-state index contributed by atoms with van der Waals surface area (Å²) in [6, 6.07) is 3.40. The number of hydrogen-bond acceptors (Lipinski definition) is 4. The third-order valence-corrected chi connectivity index (χ3v) is 4.94. The van der Waals surface area contributed by atoms with Gasteiger partial charge in [-0.25, -0.2) is 0 Å². The van der Waals surface area contributed by atoms with E-state index in [0.29, 0.717) is 23.1 Å². The summed E-state index contributed by atoms with van der Waals surface area (Å²) in [6.07, 6.45) is 4.81. The Labute approximate surface area is 124 Å². The van der Waals surface area contributed by atoms with Gasteiger partial charge in [-0.05, 0) is 50.2 Å². The van der Waals surface area contributed by atoms with Crippen molar-refractivity contribution in [2.75, 3.05) is 7.11 Å². The fraction of sp³-hybridized carbons (Fsp3) is 0.562. The quantitative estimate of drug-likeness (QED) is 0.860. The summed E-state index contributed by atoms with van der Waals surface area (Å²) < 4.78 is 4.93. The standard InChI is InChI=1S/C16H20N2O3/c1-9-12(4-3-7-17-9)15(19)18-14-11-6-5-10(8-11)13(14)16(20)21-2/h3-4,7,10-11,13-14H,5-6,8H2,1-2H3,(H,18,19)/t10-,11-,13-,14+/m0/s1. The van der Waals surface area contributed by atoms with Crippen LogP contribution in [0.15, 0.2) is 18.3 Å². The second-order valence-corrected chi connectivity index (χ2v) is 6.02. The predicted molar refractivity (Wildman–Crippen MR) is 76.6 cm³/mol. The van der Waals surface area contributed by atoms with Gasteiger partial charge in [0.1, 0.15) is 0 Å². The number of nitrogens with zero attached hydrogens (tertiary/aromatic N) is 1. The molecule has 0 unspecified atom stereocenters. The molecule has 2 saturated carbocycles. The number of ether oxygens (including phenoxy) is 1. The largest absolute Gasteiger partial charge is 0.469 e. The maximum Gasteiger partial charge on any atom is 0.311 e. The van der Waals surface area contributed by atoms with E-state index in [9.17, 15) is 9.59 Å². The van der Waals surface area contributed by atoms with E-state index in [1.54, 1.807) is 18.3 Å². The number of carbonyl (C=O) groups excluding carboxylic acids is 2. The monoisotopic (exact) mass is 288 g/mol. The molecule has 4 atom stereocenters. The molecule has 0 saturated heterocycles. The molecule has 1 N–H and O–H groups in total. The molecule has 0 aromatic carbocycles. The summed E-state index contributed by atoms with van der Waals surface area (Å²) in [6.45, 7) is 1.81. The van der Waals surface area contributed by atoms with Crippen molar-refractivity contribution in [3.8, 4) is 0 Å². The van der Waals surface area contributed by atoms with Crippen LogP contribution in [0.25, 0.3) is 0 Å². The lowest BCUT2D eigenvalue weighted by Crippen LogP contribution is -2.47. The van der Waals surface area contributed by atoms with Gasteiger partial charge >= 0.3 is 5.97 Å². The van der Waals surface area contributed by atoms with Crippen LogP contribution in [0.1, 0.15) is 35.3 Å². The third kappa shape index (κ3) is 2.41. The highest BCUT2D eigenvalue weighted by Crippen LogP contribution is 2.49. The second-order valence-electron chi connectivity index (χ2n) is 6.02. The molecule has 3 rings (SSSR count). The number of carbonyl (C=O) groups is 2. The number of methoxy groups -OCH3 is 1. The minimum Gasteiger partial charge on any atom is -0.469 e. The van der Waals surface area contributed by atoms with E-state index in [0.717, 1.165) is 19.3 Å². The molecule has 0 radical (unpaired) electrons. The van der Waals surface area contributed by atoms with Gasteiger partial charge in [0.05, 0.1) is 18.6 Å². The molecule has 1 amide bonds. The van der Waals surface area contributed by atoms with Crippen molar-refractivity contribution in [3.63, 3.8) is 0 Å². The third-order valence-electron chi connectivity index (χ3n) is 4.94. The number of aryl methyl sites for hydroxylation is 1. The van der Waals surface area contributed by atoms with Crippen molar-refractivity contribution < 1.29 is 14.3 Å². The maximum absolute atomic E-state index is 12.5. The van der Waals surface area contributed by atoms with Gasteiger partial charge < -0.3 is 10.1 Å². The summed E-state index contributed by atoms with van der Waals surface area (Å²) >= 11 is 0. The van der Waals surface area contributed by atoms with Gasteiger partial charge in [-0.2, -0.15) is 0 Å². The van der Waals surface area contributed by atoms with Crippen LogP contribution in [-0.4, -0.2) is 30.0 Å². The number of nitrogens with one attached hydrogen (secondary N) is 1. The van der Waals surface area contributed by atoms with Gasteiger partial charge in [-0.1, -0.05) is 0 Å². The highest BCUT2D eigenvalue weighted by atomic mass is 16.5. The molecule has 5 heteroatoms. The average molecular weight is 288 g/mol. The van der Waals surface area contributed by atoms with Crippen molar-refractivity contribution in [2.45, 2.75) is 32.2 Å². The van der Waals surface area contributed by atoms with Crippen LogP contribution in [0.2, 0.25) is 0 Å². The Morgan fingerprint density at radius 1 is 1.33 bits per heavy atom. The van der Waals surface area contributed by atoms with E-state index < -0.39 is 0 Å². The summed E-state index contributed by atoms with van der Waals surface area (Å²) in [4.78, 5) is 28.6. The molecule has 2 aliphatic rings. The van der Waals surface area contributed by atoms with E-state index in [4.69, 9.17) is 4.74 Å². The van der Waals surface area contributed by atoms with Crippen LogP contribution in [0.5, 0.6) is 0 Å². The molecule has 2 fully saturated rings. The summed E-state index contributed by atoms with van der Waals surface area (Å²) in [7, 11) is 1.42. The molecule has 0 spiro atoms. The second kappa shape index (κ2) is 5.47. The van der Waals surface area contributed by atoms with Crippen LogP contribution < -0.4 is 5.32 Å². The summed E-state index contributed by atoms with van der Waals surface area (Å²) in [5.74, 6) is 0.194. The molecule has 2 aliphatic carbocycles. The summed E-state index contributed by atoms with van der Waals surface area (Å²) in [5.41, 5.74) is 1.27. The molecule has 1 aromatic rings. The van der Waals surface area contributed by atoms with Gasteiger partial charge in [0.2, 0.25) is 0 Å². The van der Waals surface area contributed by atoms with Gasteiger partial charge in [0, 0.05) is 17.9 Å². The molecule has 0 aliphatic heterocycles. The van der Waals surface area contributed by atoms with Crippen molar-refractivity contribution >= 4 is 11.9 Å². The van der Waals surface area contributed by atoms with Gasteiger partial charge in [0.25, 0.3) is 5.91 Å². The van der Waals surface area contributed by atoms with Crippen LogP contribution in [0.4, 0.5) is 0 Å². The number of amides is 1. The minimum absolute atomic E-state index is 0.108. The highest BCUT2D eigenvalue weighted by Gasteiger charge is 2.52. The Balaban J connectivity index is 1.78. The number of aromatic nitrogens is 1. The van der Waals surface area contributed by atoms with E-state index in [1.807, 2.05) is 6.92 Å². The zero-order valence-corrected chi connectivity index (χ0v) is 12.3. The lowest BCUT2D eigenvalue weighted by molar-refractivity contribution is -0.148. The van der Waals surface area contributed by atoms with E-state index >= 15 is 0 Å². The maximum atomic E-state index is 12.5. The zero-order chi connectivity index (χ0) is 15.0. The fourth-order valence-electron chi connectivity index (χ4n) is 3.93. The molecule has 21 heavy (non-hydrogen) atoms. The highest BCUT2D eigenvalue weighted by molar-refractivity contribution is 5.95. The van der Waals surface area contributed by atoms with Crippen molar-refractivity contribution in [1.29, 1.82) is 0 Å². The number of fused-ring (bicyclic) bond motifs is 2. The first-order valence-electron chi connectivity index (χ1n) is 7.42. The van der Waals surface area contributed by atoms with Gasteiger partial charge in [0.15, 0.2) is 0 Å². The number of pyridine rings is 1. The SMILES string of the molecule is COC(=O)[C@H]1[C@H]2CC[C@@H](C2)[C@H]1NC(=O)c1cccnc1C. The van der Waals surface area contributed by atoms with Crippen LogP contribution in [-0.2, 0) is 9.53 Å². The molecule has 112 valence electrons. The fourth-order valence-corrected chi connectivity index (χ4v) is 3.93. The Morgan fingerprint density at radius 2 is 2.10 bits per heavy atom. The van der Waals surface area contributed by atoms with E-state index in [-0.39, 0.29) is 23.8 Å². The molecular weight excluding hydrogens is 268 g/mol. The number of esters is 1. The van der Waals surface area contributed by atoms with Crippen LogP contribution in [0.3, 0.4) is 0 Å². The number of hydrogen-bond donors (Lipinski definition) is 1.